The normalized spacial score (nSPS) is 13.1. The summed E-state index contributed by atoms with van der Waals surface area (Å²) in [5, 5.41) is 2.62. The van der Waals surface area contributed by atoms with E-state index in [1.54, 1.807) is 7.11 Å². The van der Waals surface area contributed by atoms with Crippen LogP contribution in [0.4, 0.5) is 11.4 Å². The molecule has 1 aliphatic carbocycles. The van der Waals surface area contributed by atoms with Gasteiger partial charge in [-0.05, 0) is 50.1 Å². The Bertz CT molecular complexity index is 1810. The van der Waals surface area contributed by atoms with Crippen molar-refractivity contribution in [3.8, 4) is 28.2 Å². The standard InChI is InChI=1S/C35H41N4O6/c1-8-38(17-9-10-34(42)45-39-32(40)15-16-33(39)41)28-21-29(43-7)27(18-22(28)2)35-25-13-11-23(36(3)4)19-30(25)44-31-20-24(37(5)6)12-14-26(31)35/h11-14,18-21H,8-10,15-17H2,1-7H3/q+1. The van der Waals surface area contributed by atoms with Crippen molar-refractivity contribution < 1.29 is 28.4 Å². The van der Waals surface area contributed by atoms with Gasteiger partial charge in [-0.25, -0.2) is 9.37 Å². The molecule has 5 rings (SSSR count). The van der Waals surface area contributed by atoms with Crippen molar-refractivity contribution in [3.05, 3.63) is 59.5 Å². The first kappa shape index (κ1) is 31.6. The Morgan fingerprint density at radius 2 is 1.73 bits per heavy atom. The van der Waals surface area contributed by atoms with Gasteiger partial charge in [0.2, 0.25) is 5.36 Å². The summed E-state index contributed by atoms with van der Waals surface area (Å²) in [7, 11) is 9.72. The summed E-state index contributed by atoms with van der Waals surface area (Å²) in [5.74, 6) is -0.0441. The van der Waals surface area contributed by atoms with Crippen molar-refractivity contribution in [2.75, 3.05) is 58.2 Å². The number of rotatable bonds is 10. The zero-order chi connectivity index (χ0) is 32.4. The zero-order valence-electron chi connectivity index (χ0n) is 27.1. The second kappa shape index (κ2) is 13.0. The smallest absolute Gasteiger partial charge is 0.333 e. The van der Waals surface area contributed by atoms with Crippen molar-refractivity contribution >= 4 is 40.1 Å². The van der Waals surface area contributed by atoms with Gasteiger partial charge in [0.25, 0.3) is 11.8 Å². The number of carbonyl (C=O) groups is 3. The molecule has 0 spiro atoms. The number of carbonyl (C=O) groups excluding carboxylic acids is 3. The van der Waals surface area contributed by atoms with E-state index in [4.69, 9.17) is 14.0 Å². The highest BCUT2D eigenvalue weighted by Gasteiger charge is 2.32. The minimum atomic E-state index is -0.595. The summed E-state index contributed by atoms with van der Waals surface area (Å²) < 4.78 is 14.6. The number of anilines is 2. The molecule has 2 aromatic carbocycles. The molecule has 236 valence electrons. The number of imide groups is 1. The molecule has 1 saturated heterocycles. The summed E-state index contributed by atoms with van der Waals surface area (Å²) in [6.07, 6.45) is 0.719. The Hall–Kier alpha value is -4.86. The number of benzene rings is 3. The molecule has 0 aromatic heterocycles. The van der Waals surface area contributed by atoms with E-state index in [2.05, 4.69) is 76.8 Å². The molecular formula is C35H41N4O6+. The molecule has 10 nitrogen and oxygen atoms in total. The summed E-state index contributed by atoms with van der Waals surface area (Å²) in [6.45, 7) is 5.42. The van der Waals surface area contributed by atoms with Crippen LogP contribution in [0.25, 0.3) is 33.4 Å². The highest BCUT2D eigenvalue weighted by molar-refractivity contribution is 6.04. The van der Waals surface area contributed by atoms with Crippen LogP contribution in [-0.2, 0) is 19.2 Å². The second-order valence-corrected chi connectivity index (χ2v) is 11.7. The predicted octanol–water partition coefficient (Wildman–Crippen LogP) is 4.83. The number of methoxy groups -OCH3 is 1. The Balaban J connectivity index is 1.51. The van der Waals surface area contributed by atoms with E-state index in [9.17, 15) is 14.4 Å². The molecule has 2 aromatic rings. The number of hydroxylamine groups is 2. The van der Waals surface area contributed by atoms with Gasteiger partial charge in [0.15, 0.2) is 0 Å². The van der Waals surface area contributed by atoms with E-state index in [1.165, 1.54) is 0 Å². The first-order chi connectivity index (χ1) is 21.5. The first-order valence-corrected chi connectivity index (χ1v) is 15.2. The quantitative estimate of drug-likeness (QED) is 0.143. The van der Waals surface area contributed by atoms with Crippen LogP contribution in [0.3, 0.4) is 0 Å². The van der Waals surface area contributed by atoms with Gasteiger partial charge in [-0.15, -0.1) is 5.06 Å². The van der Waals surface area contributed by atoms with Gasteiger partial charge < -0.3 is 23.8 Å². The third-order valence-corrected chi connectivity index (χ3v) is 8.24. The molecule has 2 amide bonds. The van der Waals surface area contributed by atoms with Crippen LogP contribution in [-0.4, -0.2) is 71.2 Å². The number of fused-ring (bicyclic) bond motifs is 2. The fourth-order valence-electron chi connectivity index (χ4n) is 5.76. The fraction of sp³-hybridized carbons (Fsp3) is 0.371. The minimum absolute atomic E-state index is 0.0738. The maximum atomic E-state index is 12.4. The minimum Gasteiger partial charge on any atom is -0.496 e. The number of ether oxygens (including phenoxy) is 1. The third-order valence-electron chi connectivity index (χ3n) is 8.24. The number of hydrogen-bond acceptors (Lipinski definition) is 8. The van der Waals surface area contributed by atoms with Crippen molar-refractivity contribution in [2.24, 2.45) is 0 Å². The van der Waals surface area contributed by atoms with Crippen LogP contribution in [0.5, 0.6) is 5.75 Å². The molecule has 0 radical (unpaired) electrons. The summed E-state index contributed by atoms with van der Waals surface area (Å²) in [4.78, 5) is 45.2. The number of amides is 2. The van der Waals surface area contributed by atoms with Gasteiger partial charge in [-0.2, -0.15) is 0 Å². The van der Waals surface area contributed by atoms with Crippen molar-refractivity contribution in [3.63, 3.8) is 0 Å². The summed E-state index contributed by atoms with van der Waals surface area (Å²) >= 11 is 0. The van der Waals surface area contributed by atoms with Gasteiger partial charge in [0.1, 0.15) is 31.2 Å². The molecule has 0 N–H and O–H groups in total. The molecule has 0 unspecified atom stereocenters. The van der Waals surface area contributed by atoms with Crippen LogP contribution >= 0.6 is 0 Å². The molecule has 0 bridgehead atoms. The fourth-order valence-corrected chi connectivity index (χ4v) is 5.76. The van der Waals surface area contributed by atoms with Gasteiger partial charge in [0.05, 0.1) is 13.2 Å². The molecule has 45 heavy (non-hydrogen) atoms. The number of aryl methyl sites for hydroxylation is 1. The molecule has 0 saturated carbocycles. The van der Waals surface area contributed by atoms with E-state index in [0.29, 0.717) is 24.6 Å². The maximum Gasteiger partial charge on any atom is 0.333 e. The average Bonchev–Trinajstić information content (AvgIpc) is 3.33. The van der Waals surface area contributed by atoms with Gasteiger partial charge >= 0.3 is 5.97 Å². The van der Waals surface area contributed by atoms with Crippen molar-refractivity contribution in [2.45, 2.75) is 39.5 Å². The molecule has 2 aliphatic heterocycles. The molecular weight excluding hydrogens is 572 g/mol. The molecule has 10 heteroatoms. The Kier molecular flexibility index (Phi) is 9.13. The lowest BCUT2D eigenvalue weighted by molar-refractivity contribution is -0.197. The zero-order valence-corrected chi connectivity index (χ0v) is 27.1. The Labute approximate surface area is 263 Å². The summed E-state index contributed by atoms with van der Waals surface area (Å²) in [5.41, 5.74) is 6.85. The largest absolute Gasteiger partial charge is 0.496 e. The molecule has 3 aliphatic rings. The van der Waals surface area contributed by atoms with E-state index in [0.717, 1.165) is 61.5 Å². The van der Waals surface area contributed by atoms with E-state index < -0.39 is 17.8 Å². The average molecular weight is 614 g/mol. The monoisotopic (exact) mass is 613 g/mol. The van der Waals surface area contributed by atoms with E-state index in [1.807, 2.05) is 28.2 Å². The first-order valence-electron chi connectivity index (χ1n) is 15.2. The number of nitrogens with zero attached hydrogens (tertiary/aromatic N) is 4. The maximum absolute atomic E-state index is 12.4. The topological polar surface area (TPSA) is 95.5 Å². The molecule has 2 heterocycles. The lowest BCUT2D eigenvalue weighted by Gasteiger charge is -2.27. The highest BCUT2D eigenvalue weighted by atomic mass is 16.7. The number of hydrogen-bond donors (Lipinski definition) is 0. The molecule has 1 fully saturated rings. The second-order valence-electron chi connectivity index (χ2n) is 11.7. The van der Waals surface area contributed by atoms with Crippen LogP contribution in [0.2, 0.25) is 0 Å². The van der Waals surface area contributed by atoms with E-state index in [-0.39, 0.29) is 19.3 Å². The van der Waals surface area contributed by atoms with Crippen LogP contribution < -0.4 is 24.5 Å². The Morgan fingerprint density at radius 3 is 2.38 bits per heavy atom. The van der Waals surface area contributed by atoms with Crippen molar-refractivity contribution in [1.29, 1.82) is 0 Å². The lowest BCUT2D eigenvalue weighted by Crippen LogP contribution is -2.32. The third kappa shape index (κ3) is 6.36. The summed E-state index contributed by atoms with van der Waals surface area (Å²) in [6, 6.07) is 16.7. The Morgan fingerprint density at radius 1 is 1.00 bits per heavy atom. The van der Waals surface area contributed by atoms with Crippen LogP contribution in [0.1, 0.15) is 38.2 Å². The van der Waals surface area contributed by atoms with Gasteiger partial charge in [-0.3, -0.25) is 9.59 Å². The van der Waals surface area contributed by atoms with Crippen molar-refractivity contribution in [1.82, 2.24) is 9.64 Å². The lowest BCUT2D eigenvalue weighted by atomic mass is 9.91. The SMILES string of the molecule is CCN(CCCC(=O)ON1C(=O)CCC1=O)c1cc(OC)c(-c2c3ccc(=[N+](C)C)cc-3oc3cc(N(C)C)ccc23)cc1C. The van der Waals surface area contributed by atoms with Crippen LogP contribution in [0, 0.1) is 6.92 Å². The predicted molar refractivity (Wildman–Crippen MR) is 175 cm³/mol. The van der Waals surface area contributed by atoms with E-state index >= 15 is 0 Å². The van der Waals surface area contributed by atoms with Gasteiger partial charge in [0, 0.05) is 98.1 Å². The van der Waals surface area contributed by atoms with Gasteiger partial charge in [-0.1, -0.05) is 0 Å². The molecule has 0 atom stereocenters. The van der Waals surface area contributed by atoms with Crippen LogP contribution in [0.15, 0.2) is 52.9 Å². The highest BCUT2D eigenvalue weighted by Crippen LogP contribution is 2.45.